The number of esters is 1. The predicted molar refractivity (Wildman–Crippen MR) is 96.5 cm³/mol. The van der Waals surface area contributed by atoms with Crippen molar-refractivity contribution in [2.24, 2.45) is 0 Å². The van der Waals surface area contributed by atoms with Crippen LogP contribution < -0.4 is 5.32 Å². The van der Waals surface area contributed by atoms with Gasteiger partial charge in [0.2, 0.25) is 0 Å². The molecule has 0 aliphatic heterocycles. The van der Waals surface area contributed by atoms with Gasteiger partial charge < -0.3 is 10.1 Å². The topological polar surface area (TPSA) is 55.4 Å². The summed E-state index contributed by atoms with van der Waals surface area (Å²) < 4.78 is 5.19. The molecule has 4 nitrogen and oxygen atoms in total. The van der Waals surface area contributed by atoms with Crippen LogP contribution in [-0.2, 0) is 16.0 Å². The highest BCUT2D eigenvalue weighted by molar-refractivity contribution is 5.92. The summed E-state index contributed by atoms with van der Waals surface area (Å²) in [6, 6.07) is 13.7. The Morgan fingerprint density at radius 2 is 1.96 bits per heavy atom. The average molecular weight is 337 g/mol. The zero-order chi connectivity index (χ0) is 17.8. The summed E-state index contributed by atoms with van der Waals surface area (Å²) in [5.41, 5.74) is 4.89. The summed E-state index contributed by atoms with van der Waals surface area (Å²) >= 11 is 0. The molecule has 2 aromatic carbocycles. The fourth-order valence-corrected chi connectivity index (χ4v) is 3.39. The summed E-state index contributed by atoms with van der Waals surface area (Å²) in [6.07, 6.45) is 3.00. The Bertz CT molecular complexity index is 797. The number of amides is 1. The number of rotatable bonds is 4. The van der Waals surface area contributed by atoms with Crippen molar-refractivity contribution in [2.75, 3.05) is 6.61 Å². The maximum absolute atomic E-state index is 12.2. The van der Waals surface area contributed by atoms with E-state index in [4.69, 9.17) is 4.74 Å². The van der Waals surface area contributed by atoms with Gasteiger partial charge in [-0.25, -0.2) is 4.79 Å². The van der Waals surface area contributed by atoms with Crippen LogP contribution in [0.1, 0.15) is 51.5 Å². The van der Waals surface area contributed by atoms with E-state index in [9.17, 15) is 9.59 Å². The van der Waals surface area contributed by atoms with E-state index in [0.29, 0.717) is 5.56 Å². The zero-order valence-electron chi connectivity index (χ0n) is 14.7. The van der Waals surface area contributed by atoms with E-state index in [-0.39, 0.29) is 18.6 Å². The monoisotopic (exact) mass is 337 g/mol. The van der Waals surface area contributed by atoms with Gasteiger partial charge in [0.05, 0.1) is 11.6 Å². The van der Waals surface area contributed by atoms with Crippen molar-refractivity contribution in [1.82, 2.24) is 5.32 Å². The lowest BCUT2D eigenvalue weighted by atomic mass is 9.88. The molecule has 0 saturated carbocycles. The van der Waals surface area contributed by atoms with Crippen LogP contribution >= 0.6 is 0 Å². The van der Waals surface area contributed by atoms with Crippen LogP contribution in [0.15, 0.2) is 42.5 Å². The highest BCUT2D eigenvalue weighted by atomic mass is 16.5. The Balaban J connectivity index is 1.58. The van der Waals surface area contributed by atoms with Crippen LogP contribution in [0.25, 0.3) is 0 Å². The van der Waals surface area contributed by atoms with Gasteiger partial charge in [-0.05, 0) is 55.9 Å². The number of fused-ring (bicyclic) bond motifs is 1. The van der Waals surface area contributed by atoms with Crippen LogP contribution in [0, 0.1) is 13.8 Å². The molecule has 0 heterocycles. The molecule has 1 amide bonds. The second-order valence-corrected chi connectivity index (χ2v) is 6.61. The number of hydrogen-bond acceptors (Lipinski definition) is 3. The van der Waals surface area contributed by atoms with Gasteiger partial charge in [0.15, 0.2) is 6.61 Å². The molecule has 0 spiro atoms. The third-order valence-electron chi connectivity index (χ3n) is 4.64. The van der Waals surface area contributed by atoms with Gasteiger partial charge in [0.25, 0.3) is 5.91 Å². The van der Waals surface area contributed by atoms with Crippen molar-refractivity contribution in [2.45, 2.75) is 39.2 Å². The Morgan fingerprint density at radius 3 is 2.76 bits per heavy atom. The molecule has 0 radical (unpaired) electrons. The van der Waals surface area contributed by atoms with Crippen LogP contribution in [-0.4, -0.2) is 18.5 Å². The molecule has 1 aliphatic carbocycles. The highest BCUT2D eigenvalue weighted by Crippen LogP contribution is 2.29. The Hall–Kier alpha value is -2.62. The normalized spacial score (nSPS) is 16.0. The van der Waals surface area contributed by atoms with Gasteiger partial charge in [-0.1, -0.05) is 42.0 Å². The number of carbonyl (C=O) groups excluding carboxylic acids is 2. The first-order valence-electron chi connectivity index (χ1n) is 8.66. The molecule has 1 aliphatic rings. The predicted octanol–water partition coefficient (Wildman–Crippen LogP) is 3.65. The molecule has 0 saturated heterocycles. The molecule has 1 atom stereocenters. The fraction of sp³-hybridized carbons (Fsp3) is 0.333. The van der Waals surface area contributed by atoms with Crippen LogP contribution in [0.4, 0.5) is 0 Å². The average Bonchev–Trinajstić information content (AvgIpc) is 2.60. The summed E-state index contributed by atoms with van der Waals surface area (Å²) in [7, 11) is 0. The Kier molecular flexibility index (Phi) is 5.17. The third kappa shape index (κ3) is 4.08. The first kappa shape index (κ1) is 17.2. The molecule has 2 aromatic rings. The Labute approximate surface area is 148 Å². The summed E-state index contributed by atoms with van der Waals surface area (Å²) in [5.74, 6) is -0.725. The van der Waals surface area contributed by atoms with Crippen molar-refractivity contribution in [1.29, 1.82) is 0 Å². The minimum atomic E-state index is -0.461. The summed E-state index contributed by atoms with van der Waals surface area (Å²) in [4.78, 5) is 24.4. The number of carbonyl (C=O) groups is 2. The summed E-state index contributed by atoms with van der Waals surface area (Å²) in [5, 5.41) is 2.99. The van der Waals surface area contributed by atoms with E-state index >= 15 is 0 Å². The van der Waals surface area contributed by atoms with Gasteiger partial charge in [-0.3, -0.25) is 4.79 Å². The SMILES string of the molecule is Cc1ccc(C(=O)OCC(=O)NC2CCCc3ccccc32)c(C)c1. The Morgan fingerprint density at radius 1 is 1.16 bits per heavy atom. The molecule has 0 bridgehead atoms. The molecular formula is C21H23NO3. The summed E-state index contributed by atoms with van der Waals surface area (Å²) in [6.45, 7) is 3.57. The van der Waals surface area contributed by atoms with Crippen LogP contribution in [0.2, 0.25) is 0 Å². The number of nitrogens with one attached hydrogen (secondary N) is 1. The largest absolute Gasteiger partial charge is 0.452 e. The first-order valence-corrected chi connectivity index (χ1v) is 8.66. The molecule has 4 heteroatoms. The second kappa shape index (κ2) is 7.51. The highest BCUT2D eigenvalue weighted by Gasteiger charge is 2.22. The molecule has 0 fully saturated rings. The van der Waals surface area contributed by atoms with Crippen molar-refractivity contribution >= 4 is 11.9 Å². The fourth-order valence-electron chi connectivity index (χ4n) is 3.39. The number of benzene rings is 2. The van der Waals surface area contributed by atoms with Gasteiger partial charge in [-0.2, -0.15) is 0 Å². The van der Waals surface area contributed by atoms with Gasteiger partial charge in [-0.15, -0.1) is 0 Å². The standard InChI is InChI=1S/C21H23NO3/c1-14-10-11-17(15(2)12-14)21(24)25-13-20(23)22-19-9-5-7-16-6-3-4-8-18(16)19/h3-4,6,8,10-12,19H,5,7,9,13H2,1-2H3,(H,22,23). The van der Waals surface area contributed by atoms with Crippen molar-refractivity contribution < 1.29 is 14.3 Å². The lowest BCUT2D eigenvalue weighted by Crippen LogP contribution is -2.34. The molecule has 3 rings (SSSR count). The molecular weight excluding hydrogens is 314 g/mol. The smallest absolute Gasteiger partial charge is 0.338 e. The van der Waals surface area contributed by atoms with E-state index < -0.39 is 5.97 Å². The number of hydrogen-bond donors (Lipinski definition) is 1. The van der Waals surface area contributed by atoms with E-state index in [1.807, 2.05) is 38.1 Å². The first-order chi connectivity index (χ1) is 12.0. The van der Waals surface area contributed by atoms with Gasteiger partial charge >= 0.3 is 5.97 Å². The van der Waals surface area contributed by atoms with Gasteiger partial charge in [0.1, 0.15) is 0 Å². The second-order valence-electron chi connectivity index (χ2n) is 6.61. The van der Waals surface area contributed by atoms with E-state index in [1.54, 1.807) is 6.07 Å². The molecule has 130 valence electrons. The minimum Gasteiger partial charge on any atom is -0.452 e. The van der Waals surface area contributed by atoms with Crippen molar-refractivity contribution in [3.8, 4) is 0 Å². The molecule has 1 N–H and O–H groups in total. The maximum Gasteiger partial charge on any atom is 0.338 e. The van der Waals surface area contributed by atoms with Crippen molar-refractivity contribution in [3.63, 3.8) is 0 Å². The molecule has 1 unspecified atom stereocenters. The van der Waals surface area contributed by atoms with Crippen LogP contribution in [0.5, 0.6) is 0 Å². The van der Waals surface area contributed by atoms with E-state index in [2.05, 4.69) is 17.4 Å². The number of ether oxygens (including phenoxy) is 1. The maximum atomic E-state index is 12.2. The quantitative estimate of drug-likeness (QED) is 0.867. The third-order valence-corrected chi connectivity index (χ3v) is 4.64. The number of aryl methyl sites for hydroxylation is 3. The van der Waals surface area contributed by atoms with Crippen LogP contribution in [0.3, 0.4) is 0 Å². The van der Waals surface area contributed by atoms with Gasteiger partial charge in [0, 0.05) is 0 Å². The minimum absolute atomic E-state index is 0.00253. The van der Waals surface area contributed by atoms with E-state index in [0.717, 1.165) is 30.4 Å². The van der Waals surface area contributed by atoms with E-state index in [1.165, 1.54) is 11.1 Å². The lowest BCUT2D eigenvalue weighted by Gasteiger charge is -2.26. The molecule has 0 aromatic heterocycles. The zero-order valence-corrected chi connectivity index (χ0v) is 14.7. The van der Waals surface area contributed by atoms with Crippen molar-refractivity contribution in [3.05, 3.63) is 70.3 Å². The lowest BCUT2D eigenvalue weighted by molar-refractivity contribution is -0.125. The molecule has 25 heavy (non-hydrogen) atoms.